The highest BCUT2D eigenvalue weighted by atomic mass is 16.7. The van der Waals surface area contributed by atoms with Crippen LogP contribution in [0.3, 0.4) is 0 Å². The van der Waals surface area contributed by atoms with Crippen LogP contribution in [0.25, 0.3) is 0 Å². The Morgan fingerprint density at radius 1 is 1.03 bits per heavy atom. The van der Waals surface area contributed by atoms with Crippen LogP contribution in [-0.4, -0.2) is 42.1 Å². The Hall–Kier alpha value is -1.66. The molecule has 6 heteroatoms. The van der Waals surface area contributed by atoms with E-state index in [2.05, 4.69) is 13.0 Å². The maximum absolute atomic E-state index is 11.7. The Labute approximate surface area is 205 Å². The van der Waals surface area contributed by atoms with Gasteiger partial charge >= 0.3 is 11.9 Å². The topological polar surface area (TPSA) is 71.1 Å². The minimum Gasteiger partial charge on any atom is -0.462 e. The van der Waals surface area contributed by atoms with E-state index in [1.807, 2.05) is 6.08 Å². The van der Waals surface area contributed by atoms with E-state index in [-0.39, 0.29) is 36.4 Å². The highest BCUT2D eigenvalue weighted by Gasteiger charge is 2.51. The Morgan fingerprint density at radius 2 is 1.71 bits per heavy atom. The molecule has 1 spiro atoms. The summed E-state index contributed by atoms with van der Waals surface area (Å²) in [5, 5.41) is 0. The van der Waals surface area contributed by atoms with Gasteiger partial charge in [-0.1, -0.05) is 83.3 Å². The lowest BCUT2D eigenvalue weighted by atomic mass is 9.98. The van der Waals surface area contributed by atoms with E-state index in [9.17, 15) is 9.59 Å². The summed E-state index contributed by atoms with van der Waals surface area (Å²) in [5.41, 5.74) is 0. The molecule has 0 aromatic heterocycles. The second-order valence-electron chi connectivity index (χ2n) is 10.1. The van der Waals surface area contributed by atoms with Crippen molar-refractivity contribution in [2.75, 3.05) is 0 Å². The summed E-state index contributed by atoms with van der Waals surface area (Å²) in [5.74, 6) is -1.35. The van der Waals surface area contributed by atoms with E-state index >= 15 is 0 Å². The van der Waals surface area contributed by atoms with Crippen LogP contribution < -0.4 is 0 Å². The van der Waals surface area contributed by atoms with Crippen LogP contribution in [0.5, 0.6) is 0 Å². The number of esters is 2. The highest BCUT2D eigenvalue weighted by molar-refractivity contribution is 5.83. The van der Waals surface area contributed by atoms with Crippen molar-refractivity contribution in [3.05, 3.63) is 24.3 Å². The third-order valence-electron chi connectivity index (χ3n) is 7.02. The smallest absolute Gasteiger partial charge is 0.330 e. The normalized spacial score (nSPS) is 28.6. The molecule has 0 aromatic rings. The van der Waals surface area contributed by atoms with Crippen molar-refractivity contribution in [2.45, 2.75) is 140 Å². The van der Waals surface area contributed by atoms with Gasteiger partial charge in [0.05, 0.1) is 6.10 Å². The van der Waals surface area contributed by atoms with Gasteiger partial charge in [0.25, 0.3) is 0 Å². The molecule has 0 N–H and O–H groups in total. The summed E-state index contributed by atoms with van der Waals surface area (Å²) in [7, 11) is 0. The lowest BCUT2D eigenvalue weighted by molar-refractivity contribution is -0.242. The molecule has 192 valence electrons. The number of carbonyl (C=O) groups excluding carboxylic acids is 2. The first-order chi connectivity index (χ1) is 16.5. The Morgan fingerprint density at radius 3 is 2.38 bits per heavy atom. The van der Waals surface area contributed by atoms with Crippen LogP contribution in [0.4, 0.5) is 0 Å². The molecule has 1 fully saturated rings. The van der Waals surface area contributed by atoms with Crippen LogP contribution in [0.15, 0.2) is 24.3 Å². The zero-order valence-electron chi connectivity index (χ0n) is 21.2. The van der Waals surface area contributed by atoms with Gasteiger partial charge in [-0.05, 0) is 18.9 Å². The van der Waals surface area contributed by atoms with E-state index in [0.717, 1.165) is 12.8 Å². The molecule has 3 aliphatic heterocycles. The maximum atomic E-state index is 11.7. The summed E-state index contributed by atoms with van der Waals surface area (Å²) in [6.45, 7) is 3.73. The number of carbonyl (C=O) groups is 2. The second-order valence-corrected chi connectivity index (χ2v) is 10.1. The van der Waals surface area contributed by atoms with E-state index in [0.29, 0.717) is 19.3 Å². The van der Waals surface area contributed by atoms with Gasteiger partial charge in [0, 0.05) is 32.3 Å². The summed E-state index contributed by atoms with van der Waals surface area (Å²) < 4.78 is 23.6. The second kappa shape index (κ2) is 14.0. The molecule has 3 heterocycles. The molecular weight excluding hydrogens is 432 g/mol. The number of hydrogen-bond acceptors (Lipinski definition) is 6. The van der Waals surface area contributed by atoms with Crippen LogP contribution >= 0.6 is 0 Å². The average Bonchev–Trinajstić information content (AvgIpc) is 3.13. The number of hydrogen-bond donors (Lipinski definition) is 0. The van der Waals surface area contributed by atoms with Crippen LogP contribution in [-0.2, 0) is 28.5 Å². The van der Waals surface area contributed by atoms with Crippen LogP contribution in [0.1, 0.15) is 110 Å². The van der Waals surface area contributed by atoms with Crippen molar-refractivity contribution in [3.8, 4) is 0 Å². The molecular formula is C28H44O6. The quantitative estimate of drug-likeness (QED) is 0.156. The zero-order valence-corrected chi connectivity index (χ0v) is 21.2. The van der Waals surface area contributed by atoms with Gasteiger partial charge in [-0.25, -0.2) is 4.79 Å². The number of ether oxygens (including phenoxy) is 4. The van der Waals surface area contributed by atoms with Crippen molar-refractivity contribution in [3.63, 3.8) is 0 Å². The van der Waals surface area contributed by atoms with Gasteiger partial charge in [-0.3, -0.25) is 4.79 Å². The predicted octanol–water partition coefficient (Wildman–Crippen LogP) is 6.32. The van der Waals surface area contributed by atoms with Gasteiger partial charge in [0.1, 0.15) is 18.3 Å². The lowest BCUT2D eigenvalue weighted by Gasteiger charge is -2.35. The summed E-state index contributed by atoms with van der Waals surface area (Å²) in [6, 6.07) is 0. The lowest BCUT2D eigenvalue weighted by Crippen LogP contribution is -2.40. The molecule has 5 atom stereocenters. The van der Waals surface area contributed by atoms with Crippen molar-refractivity contribution >= 4 is 11.9 Å². The number of rotatable bonds is 15. The Balaban J connectivity index is 1.35. The fraction of sp³-hybridized carbons (Fsp3) is 0.786. The van der Waals surface area contributed by atoms with Gasteiger partial charge in [-0.15, -0.1) is 0 Å². The largest absolute Gasteiger partial charge is 0.462 e. The number of unbranched alkanes of at least 4 members (excludes halogenated alkanes) is 10. The molecule has 34 heavy (non-hydrogen) atoms. The van der Waals surface area contributed by atoms with E-state index in [1.165, 1.54) is 77.2 Å². The van der Waals surface area contributed by atoms with Gasteiger partial charge in [0.15, 0.2) is 5.79 Å². The van der Waals surface area contributed by atoms with E-state index in [1.54, 1.807) is 6.08 Å². The van der Waals surface area contributed by atoms with Crippen LogP contribution in [0.2, 0.25) is 0 Å². The molecule has 0 bridgehead atoms. The van der Waals surface area contributed by atoms with E-state index < -0.39 is 5.79 Å². The molecule has 0 saturated carbocycles. The SMILES string of the molecule is CCCCCCCCCCCCCC(CC1C=CCC2(CC3OC(=O)C=CC3O2)O1)OC(C)=O. The first kappa shape index (κ1) is 26.9. The van der Waals surface area contributed by atoms with Crippen molar-refractivity contribution < 1.29 is 28.5 Å². The Kier molecular flexibility index (Phi) is 11.1. The molecule has 3 rings (SSSR count). The third kappa shape index (κ3) is 8.84. The molecule has 5 unspecified atom stereocenters. The fourth-order valence-corrected chi connectivity index (χ4v) is 5.28. The Bertz CT molecular complexity index is 701. The molecule has 0 amide bonds. The molecule has 0 aliphatic carbocycles. The van der Waals surface area contributed by atoms with Crippen molar-refractivity contribution in [2.24, 2.45) is 0 Å². The van der Waals surface area contributed by atoms with Gasteiger partial charge in [-0.2, -0.15) is 0 Å². The van der Waals surface area contributed by atoms with E-state index in [4.69, 9.17) is 18.9 Å². The molecule has 3 aliphatic rings. The highest BCUT2D eigenvalue weighted by Crippen LogP contribution is 2.42. The molecule has 0 radical (unpaired) electrons. The summed E-state index contributed by atoms with van der Waals surface area (Å²) in [6.07, 6.45) is 23.2. The number of fused-ring (bicyclic) bond motifs is 1. The van der Waals surface area contributed by atoms with Gasteiger partial charge in [0.2, 0.25) is 0 Å². The zero-order chi connectivity index (χ0) is 24.2. The third-order valence-corrected chi connectivity index (χ3v) is 7.02. The molecule has 0 aromatic carbocycles. The maximum Gasteiger partial charge on any atom is 0.330 e. The summed E-state index contributed by atoms with van der Waals surface area (Å²) >= 11 is 0. The van der Waals surface area contributed by atoms with Crippen molar-refractivity contribution in [1.82, 2.24) is 0 Å². The average molecular weight is 477 g/mol. The standard InChI is InChI=1S/C28H44O6/c1-3-4-5-6-7-8-9-10-11-12-13-15-23(31-22(2)29)20-24-16-14-19-28(33-24)21-26-25(34-28)17-18-27(30)32-26/h14,16-18,23-26H,3-13,15,19-21H2,1-2H3. The van der Waals surface area contributed by atoms with Crippen molar-refractivity contribution in [1.29, 1.82) is 0 Å². The predicted molar refractivity (Wildman–Crippen MR) is 131 cm³/mol. The molecule has 6 nitrogen and oxygen atoms in total. The fourth-order valence-electron chi connectivity index (χ4n) is 5.28. The van der Waals surface area contributed by atoms with Crippen LogP contribution in [0, 0.1) is 0 Å². The minimum atomic E-state index is -0.777. The first-order valence-electron chi connectivity index (χ1n) is 13.6. The monoisotopic (exact) mass is 476 g/mol. The minimum absolute atomic E-state index is 0.165. The summed E-state index contributed by atoms with van der Waals surface area (Å²) in [4.78, 5) is 23.3. The molecule has 1 saturated heterocycles. The first-order valence-corrected chi connectivity index (χ1v) is 13.6. The van der Waals surface area contributed by atoms with Gasteiger partial charge < -0.3 is 18.9 Å².